The predicted molar refractivity (Wildman–Crippen MR) is 66.3 cm³/mol. The van der Waals surface area contributed by atoms with E-state index < -0.39 is 0 Å². The molecule has 3 heteroatoms. The monoisotopic (exact) mass is 221 g/mol. The molecule has 1 fully saturated rings. The van der Waals surface area contributed by atoms with Crippen LogP contribution in [-0.4, -0.2) is 22.4 Å². The van der Waals surface area contributed by atoms with Crippen LogP contribution in [0.15, 0.2) is 18.5 Å². The van der Waals surface area contributed by atoms with E-state index in [2.05, 4.69) is 17.3 Å². The minimum atomic E-state index is 0.737. The molecule has 2 unspecified atom stereocenters. The lowest BCUT2D eigenvalue weighted by Crippen LogP contribution is -2.31. The van der Waals surface area contributed by atoms with Crippen molar-refractivity contribution in [2.75, 3.05) is 6.54 Å². The van der Waals surface area contributed by atoms with Gasteiger partial charge in [0.05, 0.1) is 6.54 Å². The zero-order valence-corrected chi connectivity index (χ0v) is 10.2. The van der Waals surface area contributed by atoms with Gasteiger partial charge in [0.25, 0.3) is 0 Å². The molecule has 16 heavy (non-hydrogen) atoms. The molecule has 1 N–H and O–H groups in total. The molecule has 1 aliphatic carbocycles. The molecule has 1 aromatic rings. The van der Waals surface area contributed by atoms with Gasteiger partial charge in [0, 0.05) is 25.0 Å². The van der Waals surface area contributed by atoms with Crippen molar-refractivity contribution < 1.29 is 0 Å². The van der Waals surface area contributed by atoms with Gasteiger partial charge in [-0.25, -0.2) is 0 Å². The molecule has 2 rings (SSSR count). The van der Waals surface area contributed by atoms with E-state index >= 15 is 0 Å². The lowest BCUT2D eigenvalue weighted by atomic mass is 10.0. The maximum atomic E-state index is 4.21. The second kappa shape index (κ2) is 6.04. The highest BCUT2D eigenvalue weighted by Gasteiger charge is 2.15. The Morgan fingerprint density at radius 2 is 2.25 bits per heavy atom. The normalized spacial score (nSPS) is 26.6. The molecule has 1 heterocycles. The zero-order chi connectivity index (χ0) is 11.2. The molecule has 0 amide bonds. The summed E-state index contributed by atoms with van der Waals surface area (Å²) in [6.45, 7) is 4.41. The van der Waals surface area contributed by atoms with Crippen LogP contribution in [0.4, 0.5) is 0 Å². The van der Waals surface area contributed by atoms with Crippen molar-refractivity contribution in [2.24, 2.45) is 5.92 Å². The first-order chi connectivity index (χ1) is 7.84. The van der Waals surface area contributed by atoms with Crippen LogP contribution >= 0.6 is 0 Å². The molecule has 3 nitrogen and oxygen atoms in total. The van der Waals surface area contributed by atoms with Crippen LogP contribution < -0.4 is 5.32 Å². The summed E-state index contributed by atoms with van der Waals surface area (Å²) >= 11 is 0. The van der Waals surface area contributed by atoms with Crippen LogP contribution in [0.5, 0.6) is 0 Å². The Balaban J connectivity index is 1.65. The average molecular weight is 221 g/mol. The van der Waals surface area contributed by atoms with Gasteiger partial charge in [0.2, 0.25) is 0 Å². The summed E-state index contributed by atoms with van der Waals surface area (Å²) in [5.74, 6) is 0.929. The van der Waals surface area contributed by atoms with Crippen molar-refractivity contribution in [2.45, 2.75) is 51.6 Å². The van der Waals surface area contributed by atoms with E-state index in [4.69, 9.17) is 0 Å². The highest BCUT2D eigenvalue weighted by Crippen LogP contribution is 2.22. The molecule has 0 radical (unpaired) electrons. The lowest BCUT2D eigenvalue weighted by Gasteiger charge is -2.16. The highest BCUT2D eigenvalue weighted by molar-refractivity contribution is 4.78. The molecular weight excluding hydrogens is 198 g/mol. The van der Waals surface area contributed by atoms with Crippen molar-refractivity contribution in [3.05, 3.63) is 18.5 Å². The van der Waals surface area contributed by atoms with Crippen LogP contribution in [0, 0.1) is 5.92 Å². The summed E-state index contributed by atoms with van der Waals surface area (Å²) in [7, 11) is 0. The first-order valence-corrected chi connectivity index (χ1v) is 6.55. The first kappa shape index (κ1) is 11.6. The van der Waals surface area contributed by atoms with Crippen LogP contribution in [-0.2, 0) is 6.54 Å². The third-order valence-corrected chi connectivity index (χ3v) is 3.59. The molecule has 1 saturated carbocycles. The van der Waals surface area contributed by atoms with Gasteiger partial charge in [0.1, 0.15) is 0 Å². The Kier molecular flexibility index (Phi) is 4.40. The van der Waals surface area contributed by atoms with Crippen molar-refractivity contribution in [3.8, 4) is 0 Å². The second-order valence-corrected chi connectivity index (χ2v) is 5.03. The first-order valence-electron chi connectivity index (χ1n) is 6.55. The van der Waals surface area contributed by atoms with Crippen LogP contribution in [0.1, 0.15) is 39.0 Å². The highest BCUT2D eigenvalue weighted by atomic mass is 15.3. The largest absolute Gasteiger partial charge is 0.312 e. The topological polar surface area (TPSA) is 29.9 Å². The average Bonchev–Trinajstić information content (AvgIpc) is 2.70. The minimum Gasteiger partial charge on any atom is -0.312 e. The minimum absolute atomic E-state index is 0.737. The Hall–Kier alpha value is -0.830. The number of rotatable bonds is 4. The van der Waals surface area contributed by atoms with Crippen LogP contribution in [0.3, 0.4) is 0 Å². The predicted octanol–water partition coefficient (Wildman–Crippen LogP) is 2.44. The van der Waals surface area contributed by atoms with E-state index in [1.54, 1.807) is 0 Å². The standard InChI is InChI=1S/C13H23N3/c1-12-4-2-5-13(7-6-12)14-9-11-16-10-3-8-15-16/h3,8,10,12-14H,2,4-7,9,11H2,1H3. The Morgan fingerprint density at radius 1 is 1.31 bits per heavy atom. The van der Waals surface area contributed by atoms with Crippen LogP contribution in [0.2, 0.25) is 0 Å². The second-order valence-electron chi connectivity index (χ2n) is 5.03. The summed E-state index contributed by atoms with van der Waals surface area (Å²) in [6.07, 6.45) is 10.8. The van der Waals surface area contributed by atoms with Crippen molar-refractivity contribution in [1.82, 2.24) is 15.1 Å². The van der Waals surface area contributed by atoms with E-state index in [9.17, 15) is 0 Å². The molecule has 1 aliphatic rings. The molecule has 0 spiro atoms. The summed E-state index contributed by atoms with van der Waals surface area (Å²) < 4.78 is 1.99. The number of nitrogens with zero attached hydrogens (tertiary/aromatic N) is 2. The van der Waals surface area contributed by atoms with E-state index in [1.807, 2.05) is 23.1 Å². The number of hydrogen-bond donors (Lipinski definition) is 1. The van der Waals surface area contributed by atoms with E-state index in [0.29, 0.717) is 0 Å². The molecule has 0 saturated heterocycles. The molecular formula is C13H23N3. The van der Waals surface area contributed by atoms with Gasteiger partial charge in [-0.2, -0.15) is 5.10 Å². The maximum absolute atomic E-state index is 4.21. The van der Waals surface area contributed by atoms with Crippen molar-refractivity contribution in [1.29, 1.82) is 0 Å². The number of nitrogens with one attached hydrogen (secondary N) is 1. The maximum Gasteiger partial charge on any atom is 0.0534 e. The van der Waals surface area contributed by atoms with Gasteiger partial charge in [-0.15, -0.1) is 0 Å². The van der Waals surface area contributed by atoms with E-state index in [0.717, 1.165) is 25.0 Å². The molecule has 2 atom stereocenters. The molecule has 1 aromatic heterocycles. The Bertz CT molecular complexity index is 281. The fourth-order valence-electron chi connectivity index (χ4n) is 2.51. The zero-order valence-electron chi connectivity index (χ0n) is 10.2. The Morgan fingerprint density at radius 3 is 3.06 bits per heavy atom. The summed E-state index contributed by atoms with van der Waals surface area (Å²) in [4.78, 5) is 0. The quantitative estimate of drug-likeness (QED) is 0.791. The third-order valence-electron chi connectivity index (χ3n) is 3.59. The smallest absolute Gasteiger partial charge is 0.0534 e. The summed E-state index contributed by atoms with van der Waals surface area (Å²) in [6, 6.07) is 2.72. The lowest BCUT2D eigenvalue weighted by molar-refractivity contribution is 0.429. The van der Waals surface area contributed by atoms with E-state index in [-0.39, 0.29) is 0 Å². The van der Waals surface area contributed by atoms with Crippen LogP contribution in [0.25, 0.3) is 0 Å². The van der Waals surface area contributed by atoms with Gasteiger partial charge in [0.15, 0.2) is 0 Å². The SMILES string of the molecule is CC1CCCC(NCCn2cccn2)CC1. The van der Waals surface area contributed by atoms with Gasteiger partial charge < -0.3 is 5.32 Å². The Labute approximate surface area is 98.2 Å². The van der Waals surface area contributed by atoms with Gasteiger partial charge in [-0.3, -0.25) is 4.68 Å². The van der Waals surface area contributed by atoms with E-state index in [1.165, 1.54) is 32.1 Å². The number of hydrogen-bond acceptors (Lipinski definition) is 2. The molecule has 90 valence electrons. The number of aromatic nitrogens is 2. The fourth-order valence-corrected chi connectivity index (χ4v) is 2.51. The third kappa shape index (κ3) is 3.63. The fraction of sp³-hybridized carbons (Fsp3) is 0.769. The molecule has 0 aliphatic heterocycles. The molecule has 0 aromatic carbocycles. The van der Waals surface area contributed by atoms with Crippen molar-refractivity contribution in [3.63, 3.8) is 0 Å². The molecule has 0 bridgehead atoms. The van der Waals surface area contributed by atoms with Gasteiger partial charge in [-0.1, -0.05) is 19.8 Å². The summed E-state index contributed by atoms with van der Waals surface area (Å²) in [5.41, 5.74) is 0. The van der Waals surface area contributed by atoms with Gasteiger partial charge >= 0.3 is 0 Å². The van der Waals surface area contributed by atoms with Crippen molar-refractivity contribution >= 4 is 0 Å². The summed E-state index contributed by atoms with van der Waals surface area (Å²) in [5, 5.41) is 7.87. The van der Waals surface area contributed by atoms with Gasteiger partial charge in [-0.05, 0) is 31.2 Å².